The average Bonchev–Trinajstić information content (AvgIpc) is 2.37. The highest BCUT2D eigenvalue weighted by atomic mass is 32.2. The lowest BCUT2D eigenvalue weighted by Gasteiger charge is -2.47. The first kappa shape index (κ1) is 15.4. The zero-order valence-electron chi connectivity index (χ0n) is 12.0. The first-order valence-electron chi connectivity index (χ1n) is 6.72. The maximum atomic E-state index is 12.2. The van der Waals surface area contributed by atoms with Gasteiger partial charge in [-0.05, 0) is 45.0 Å². The second-order valence-electron chi connectivity index (χ2n) is 5.51. The van der Waals surface area contributed by atoms with E-state index in [2.05, 4.69) is 14.6 Å². The first-order valence-corrected chi connectivity index (χ1v) is 8.20. The van der Waals surface area contributed by atoms with Gasteiger partial charge in [-0.1, -0.05) is 6.07 Å². The number of hydrogen-bond acceptors (Lipinski definition) is 5. The summed E-state index contributed by atoms with van der Waals surface area (Å²) < 4.78 is 27.1. The molecule has 0 saturated heterocycles. The Bertz CT molecular complexity index is 550. The van der Waals surface area contributed by atoms with Crippen LogP contribution in [0.25, 0.3) is 0 Å². The Morgan fingerprint density at radius 1 is 1.40 bits per heavy atom. The molecule has 3 N–H and O–H groups in total. The van der Waals surface area contributed by atoms with Crippen molar-refractivity contribution in [2.75, 3.05) is 20.6 Å². The summed E-state index contributed by atoms with van der Waals surface area (Å²) in [5.41, 5.74) is 6.23. The van der Waals surface area contributed by atoms with Crippen LogP contribution >= 0.6 is 0 Å². The molecule has 0 bridgehead atoms. The summed E-state index contributed by atoms with van der Waals surface area (Å²) in [5.74, 6) is 0. The van der Waals surface area contributed by atoms with Crippen LogP contribution in [0.4, 0.5) is 0 Å². The van der Waals surface area contributed by atoms with Crippen molar-refractivity contribution in [1.82, 2.24) is 14.6 Å². The highest BCUT2D eigenvalue weighted by molar-refractivity contribution is 7.89. The van der Waals surface area contributed by atoms with E-state index in [4.69, 9.17) is 5.73 Å². The third kappa shape index (κ3) is 3.01. The van der Waals surface area contributed by atoms with E-state index in [1.165, 1.54) is 12.3 Å². The molecule has 0 unspecified atom stereocenters. The quantitative estimate of drug-likeness (QED) is 0.789. The van der Waals surface area contributed by atoms with Crippen molar-refractivity contribution in [1.29, 1.82) is 0 Å². The van der Waals surface area contributed by atoms with Crippen molar-refractivity contribution in [3.63, 3.8) is 0 Å². The SMILES string of the molecule is CN(C)C1(CNS(=O)(=O)c2ccc(CN)cn2)CCC1. The van der Waals surface area contributed by atoms with Crippen molar-refractivity contribution in [2.45, 2.75) is 36.4 Å². The number of likely N-dealkylation sites (N-methyl/N-ethyl adjacent to an activating group) is 1. The van der Waals surface area contributed by atoms with Crippen LogP contribution in [-0.2, 0) is 16.6 Å². The molecule has 1 aliphatic carbocycles. The summed E-state index contributed by atoms with van der Waals surface area (Å²) in [7, 11) is 0.419. The van der Waals surface area contributed by atoms with Crippen LogP contribution in [0.5, 0.6) is 0 Å². The van der Waals surface area contributed by atoms with Crippen LogP contribution in [0.3, 0.4) is 0 Å². The van der Waals surface area contributed by atoms with Crippen molar-refractivity contribution in [3.8, 4) is 0 Å². The number of rotatable bonds is 6. The van der Waals surface area contributed by atoms with Crippen LogP contribution in [0.2, 0.25) is 0 Å². The Hall–Kier alpha value is -1.02. The third-order valence-corrected chi connectivity index (χ3v) is 5.45. The summed E-state index contributed by atoms with van der Waals surface area (Å²) in [6.07, 6.45) is 4.67. The zero-order valence-corrected chi connectivity index (χ0v) is 12.8. The highest BCUT2D eigenvalue weighted by Gasteiger charge is 2.39. The van der Waals surface area contributed by atoms with Crippen LogP contribution in [0.15, 0.2) is 23.4 Å². The molecule has 2 rings (SSSR count). The molecule has 1 aromatic rings. The topological polar surface area (TPSA) is 88.3 Å². The van der Waals surface area contributed by atoms with Gasteiger partial charge in [0, 0.05) is 24.8 Å². The van der Waals surface area contributed by atoms with E-state index in [1.807, 2.05) is 14.1 Å². The van der Waals surface area contributed by atoms with E-state index < -0.39 is 10.0 Å². The number of aromatic nitrogens is 1. The molecule has 0 aliphatic heterocycles. The molecule has 1 aromatic heterocycles. The Kier molecular flexibility index (Phi) is 4.43. The van der Waals surface area contributed by atoms with E-state index in [-0.39, 0.29) is 10.6 Å². The zero-order chi connectivity index (χ0) is 14.8. The molecular weight excluding hydrogens is 276 g/mol. The van der Waals surface area contributed by atoms with Crippen molar-refractivity contribution in [2.24, 2.45) is 5.73 Å². The lowest BCUT2D eigenvalue weighted by molar-refractivity contribution is 0.0656. The van der Waals surface area contributed by atoms with Gasteiger partial charge in [-0.25, -0.2) is 18.1 Å². The van der Waals surface area contributed by atoms with Crippen LogP contribution in [-0.4, -0.2) is 44.5 Å². The second-order valence-corrected chi connectivity index (χ2v) is 7.22. The predicted octanol–water partition coefficient (Wildman–Crippen LogP) is 0.303. The average molecular weight is 298 g/mol. The largest absolute Gasteiger partial charge is 0.326 e. The molecule has 0 amide bonds. The molecule has 0 aromatic carbocycles. The minimum absolute atomic E-state index is 0.0444. The molecule has 0 spiro atoms. The first-order chi connectivity index (χ1) is 9.39. The normalized spacial score (nSPS) is 18.0. The number of nitrogens with one attached hydrogen (secondary N) is 1. The fraction of sp³-hybridized carbons (Fsp3) is 0.615. The molecule has 1 fully saturated rings. The Morgan fingerprint density at radius 2 is 2.10 bits per heavy atom. The number of pyridine rings is 1. The molecule has 0 atom stereocenters. The summed E-state index contributed by atoms with van der Waals surface area (Å²) >= 11 is 0. The van der Waals surface area contributed by atoms with Crippen LogP contribution in [0, 0.1) is 0 Å². The van der Waals surface area contributed by atoms with Crippen molar-refractivity contribution >= 4 is 10.0 Å². The minimum Gasteiger partial charge on any atom is -0.326 e. The molecular formula is C13H22N4O2S. The highest BCUT2D eigenvalue weighted by Crippen LogP contribution is 2.35. The number of nitrogens with zero attached hydrogens (tertiary/aromatic N) is 2. The van der Waals surface area contributed by atoms with E-state index in [9.17, 15) is 8.42 Å². The molecule has 6 nitrogen and oxygen atoms in total. The molecule has 1 heterocycles. The van der Waals surface area contributed by atoms with Gasteiger partial charge in [0.25, 0.3) is 10.0 Å². The maximum absolute atomic E-state index is 12.2. The molecule has 1 aliphatic rings. The maximum Gasteiger partial charge on any atom is 0.258 e. The molecule has 7 heteroatoms. The summed E-state index contributed by atoms with van der Waals surface area (Å²) in [4.78, 5) is 6.07. The summed E-state index contributed by atoms with van der Waals surface area (Å²) in [5, 5.41) is 0.0444. The van der Waals surface area contributed by atoms with Crippen molar-refractivity contribution < 1.29 is 8.42 Å². The predicted molar refractivity (Wildman–Crippen MR) is 77.6 cm³/mol. The van der Waals surface area contributed by atoms with E-state index >= 15 is 0 Å². The van der Waals surface area contributed by atoms with Gasteiger partial charge in [-0.2, -0.15) is 0 Å². The number of hydrogen-bond donors (Lipinski definition) is 2. The van der Waals surface area contributed by atoms with E-state index in [0.717, 1.165) is 24.8 Å². The monoisotopic (exact) mass is 298 g/mol. The van der Waals surface area contributed by atoms with Gasteiger partial charge >= 0.3 is 0 Å². The lowest BCUT2D eigenvalue weighted by atomic mass is 9.76. The minimum atomic E-state index is -3.56. The fourth-order valence-corrected chi connectivity index (χ4v) is 3.41. The third-order valence-electron chi connectivity index (χ3n) is 4.13. The van der Waals surface area contributed by atoms with Crippen LogP contribution < -0.4 is 10.5 Å². The molecule has 112 valence electrons. The Balaban J connectivity index is 2.07. The number of nitrogens with two attached hydrogens (primary N) is 1. The van der Waals surface area contributed by atoms with E-state index in [1.54, 1.807) is 6.07 Å². The summed E-state index contributed by atoms with van der Waals surface area (Å²) in [6.45, 7) is 0.771. The van der Waals surface area contributed by atoms with Gasteiger partial charge in [0.15, 0.2) is 5.03 Å². The summed E-state index contributed by atoms with van der Waals surface area (Å²) in [6, 6.07) is 3.18. The van der Waals surface area contributed by atoms with Gasteiger partial charge in [0.05, 0.1) is 0 Å². The molecule has 20 heavy (non-hydrogen) atoms. The fourth-order valence-electron chi connectivity index (χ4n) is 2.36. The molecule has 0 radical (unpaired) electrons. The number of sulfonamides is 1. The Labute approximate surface area is 120 Å². The Morgan fingerprint density at radius 3 is 2.50 bits per heavy atom. The van der Waals surface area contributed by atoms with Crippen molar-refractivity contribution in [3.05, 3.63) is 23.9 Å². The van der Waals surface area contributed by atoms with Gasteiger partial charge in [-0.15, -0.1) is 0 Å². The smallest absolute Gasteiger partial charge is 0.258 e. The van der Waals surface area contributed by atoms with Gasteiger partial charge in [0.1, 0.15) is 0 Å². The van der Waals surface area contributed by atoms with Gasteiger partial charge in [-0.3, -0.25) is 0 Å². The second kappa shape index (κ2) is 5.77. The van der Waals surface area contributed by atoms with Gasteiger partial charge < -0.3 is 10.6 Å². The standard InChI is InChI=1S/C13H22N4O2S/c1-17(2)13(6-3-7-13)10-16-20(18,19)12-5-4-11(8-14)9-15-12/h4-5,9,16H,3,6-8,10,14H2,1-2H3. The van der Waals surface area contributed by atoms with Gasteiger partial charge in [0.2, 0.25) is 0 Å². The lowest BCUT2D eigenvalue weighted by Crippen LogP contribution is -2.57. The van der Waals surface area contributed by atoms with Crippen LogP contribution in [0.1, 0.15) is 24.8 Å². The molecule has 1 saturated carbocycles. The van der Waals surface area contributed by atoms with E-state index in [0.29, 0.717) is 13.1 Å².